The van der Waals surface area contributed by atoms with Crippen LogP contribution in [0.3, 0.4) is 0 Å². The molecule has 164 valence electrons. The summed E-state index contributed by atoms with van der Waals surface area (Å²) in [5.41, 5.74) is 0.209. The van der Waals surface area contributed by atoms with Crippen molar-refractivity contribution in [3.05, 3.63) is 40.6 Å². The van der Waals surface area contributed by atoms with Gasteiger partial charge in [-0.05, 0) is 62.5 Å². The van der Waals surface area contributed by atoms with Gasteiger partial charge < -0.3 is 9.64 Å². The van der Waals surface area contributed by atoms with Crippen LogP contribution >= 0.6 is 0 Å². The molecular formula is C22H30F2N4O2. The van der Waals surface area contributed by atoms with Crippen molar-refractivity contribution in [1.29, 1.82) is 0 Å². The number of piperidine rings is 1. The molecule has 1 saturated heterocycles. The molecule has 2 aliphatic rings. The SMILES string of the molecule is O=c1[nH]c([C@H]2CCCN(CCC3CCCCC3)C2)nn1-c1ccc(OC(F)F)cc1. The van der Waals surface area contributed by atoms with Gasteiger partial charge in [0.25, 0.3) is 0 Å². The molecule has 0 bridgehead atoms. The van der Waals surface area contributed by atoms with Gasteiger partial charge in [-0.3, -0.25) is 4.98 Å². The van der Waals surface area contributed by atoms with E-state index in [2.05, 4.69) is 19.7 Å². The molecule has 0 spiro atoms. The van der Waals surface area contributed by atoms with Gasteiger partial charge >= 0.3 is 12.3 Å². The van der Waals surface area contributed by atoms with Gasteiger partial charge in [0.2, 0.25) is 0 Å². The van der Waals surface area contributed by atoms with Crippen molar-refractivity contribution in [2.45, 2.75) is 63.9 Å². The van der Waals surface area contributed by atoms with Crippen LogP contribution in [0, 0.1) is 5.92 Å². The van der Waals surface area contributed by atoms with E-state index in [0.29, 0.717) is 11.5 Å². The Morgan fingerprint density at radius 3 is 2.60 bits per heavy atom. The Morgan fingerprint density at radius 1 is 1.10 bits per heavy atom. The highest BCUT2D eigenvalue weighted by Gasteiger charge is 2.25. The quantitative estimate of drug-likeness (QED) is 0.725. The second-order valence-electron chi connectivity index (χ2n) is 8.53. The number of H-pyrrole nitrogens is 1. The van der Waals surface area contributed by atoms with Gasteiger partial charge in [0, 0.05) is 12.5 Å². The molecule has 6 nitrogen and oxygen atoms in total. The zero-order chi connectivity index (χ0) is 20.9. The predicted molar refractivity (Wildman–Crippen MR) is 110 cm³/mol. The lowest BCUT2D eigenvalue weighted by molar-refractivity contribution is -0.0498. The molecule has 2 fully saturated rings. The number of aromatic amines is 1. The van der Waals surface area contributed by atoms with Crippen LogP contribution in [0.1, 0.15) is 63.1 Å². The maximum absolute atomic E-state index is 12.4. The number of hydrogen-bond acceptors (Lipinski definition) is 4. The minimum atomic E-state index is -2.87. The first-order chi connectivity index (χ1) is 14.6. The Balaban J connectivity index is 1.38. The van der Waals surface area contributed by atoms with Crippen LogP contribution < -0.4 is 10.4 Å². The van der Waals surface area contributed by atoms with Gasteiger partial charge in [-0.15, -0.1) is 5.10 Å². The van der Waals surface area contributed by atoms with E-state index in [-0.39, 0.29) is 17.4 Å². The average molecular weight is 421 g/mol. The highest BCUT2D eigenvalue weighted by molar-refractivity contribution is 5.36. The standard InChI is InChI=1S/C22H30F2N4O2/c23-21(24)30-19-10-8-18(9-11-19)28-22(29)25-20(26-28)17-7-4-13-27(15-17)14-12-16-5-2-1-3-6-16/h8-11,16-17,21H,1-7,12-15H2,(H,25,26,29)/t17-/m0/s1. The number of nitrogens with one attached hydrogen (secondary N) is 1. The molecule has 1 aliphatic heterocycles. The van der Waals surface area contributed by atoms with Crippen molar-refractivity contribution in [3.8, 4) is 11.4 Å². The number of aromatic nitrogens is 3. The summed E-state index contributed by atoms with van der Waals surface area (Å²) in [6.07, 6.45) is 10.3. The highest BCUT2D eigenvalue weighted by atomic mass is 19.3. The number of benzene rings is 1. The smallest absolute Gasteiger partial charge is 0.387 e. The number of ether oxygens (including phenoxy) is 1. The first-order valence-electron chi connectivity index (χ1n) is 11.1. The monoisotopic (exact) mass is 420 g/mol. The number of rotatable bonds is 7. The highest BCUT2D eigenvalue weighted by Crippen LogP contribution is 2.29. The first kappa shape index (κ1) is 21.0. The van der Waals surface area contributed by atoms with Crippen molar-refractivity contribution < 1.29 is 13.5 Å². The Hall–Kier alpha value is -2.22. The maximum atomic E-state index is 12.4. The third kappa shape index (κ3) is 5.28. The van der Waals surface area contributed by atoms with Gasteiger partial charge in [0.1, 0.15) is 11.6 Å². The molecule has 30 heavy (non-hydrogen) atoms. The number of halogens is 2. The second kappa shape index (κ2) is 9.73. The fourth-order valence-corrected chi connectivity index (χ4v) is 4.79. The second-order valence-corrected chi connectivity index (χ2v) is 8.53. The molecule has 2 aromatic rings. The molecular weight excluding hydrogens is 390 g/mol. The van der Waals surface area contributed by atoms with Crippen molar-refractivity contribution in [2.75, 3.05) is 19.6 Å². The topological polar surface area (TPSA) is 63.2 Å². The minimum absolute atomic E-state index is 0.0541. The summed E-state index contributed by atoms with van der Waals surface area (Å²) >= 11 is 0. The van der Waals surface area contributed by atoms with E-state index in [4.69, 9.17) is 0 Å². The van der Waals surface area contributed by atoms with Crippen molar-refractivity contribution in [2.24, 2.45) is 5.92 Å². The van der Waals surface area contributed by atoms with E-state index >= 15 is 0 Å². The van der Waals surface area contributed by atoms with Gasteiger partial charge in [-0.1, -0.05) is 32.1 Å². The molecule has 1 N–H and O–H groups in total. The van der Waals surface area contributed by atoms with Crippen LogP contribution in [0.2, 0.25) is 0 Å². The van der Waals surface area contributed by atoms with Crippen molar-refractivity contribution >= 4 is 0 Å². The lowest BCUT2D eigenvalue weighted by atomic mass is 9.86. The number of hydrogen-bond donors (Lipinski definition) is 1. The summed E-state index contributed by atoms with van der Waals surface area (Å²) in [6.45, 7) is 0.279. The Bertz CT molecular complexity index is 859. The van der Waals surface area contributed by atoms with Crippen molar-refractivity contribution in [3.63, 3.8) is 0 Å². The maximum Gasteiger partial charge on any atom is 0.387 e. The van der Waals surface area contributed by atoms with E-state index in [9.17, 15) is 13.6 Å². The summed E-state index contributed by atoms with van der Waals surface area (Å²) in [7, 11) is 0. The minimum Gasteiger partial charge on any atom is -0.435 e. The summed E-state index contributed by atoms with van der Waals surface area (Å²) in [4.78, 5) is 17.9. The van der Waals surface area contributed by atoms with Gasteiger partial charge in [0.15, 0.2) is 0 Å². The van der Waals surface area contributed by atoms with E-state index in [1.165, 1.54) is 55.3 Å². The number of alkyl halides is 2. The van der Waals surface area contributed by atoms with E-state index in [1.807, 2.05) is 0 Å². The molecule has 1 aliphatic carbocycles. The van der Waals surface area contributed by atoms with Gasteiger partial charge in [0.05, 0.1) is 5.69 Å². The third-order valence-electron chi connectivity index (χ3n) is 6.41. The van der Waals surface area contributed by atoms with Crippen LogP contribution in [-0.4, -0.2) is 45.9 Å². The molecule has 1 aromatic heterocycles. The molecule has 4 rings (SSSR count). The van der Waals surface area contributed by atoms with Crippen LogP contribution in [-0.2, 0) is 0 Å². The average Bonchev–Trinajstić information content (AvgIpc) is 3.15. The molecule has 1 atom stereocenters. The molecule has 8 heteroatoms. The van der Waals surface area contributed by atoms with Crippen LogP contribution in [0.4, 0.5) is 8.78 Å². The molecule has 2 heterocycles. The van der Waals surface area contributed by atoms with E-state index in [0.717, 1.165) is 38.4 Å². The van der Waals surface area contributed by atoms with E-state index in [1.54, 1.807) is 12.1 Å². The molecule has 1 saturated carbocycles. The predicted octanol–water partition coefficient (Wildman–Crippen LogP) is 4.31. The fourth-order valence-electron chi connectivity index (χ4n) is 4.79. The lowest BCUT2D eigenvalue weighted by Crippen LogP contribution is -2.36. The molecule has 1 aromatic carbocycles. The zero-order valence-electron chi connectivity index (χ0n) is 17.2. The first-order valence-corrected chi connectivity index (χ1v) is 11.1. The number of nitrogens with zero attached hydrogens (tertiary/aromatic N) is 3. The summed E-state index contributed by atoms with van der Waals surface area (Å²) in [5.74, 6) is 1.84. The third-order valence-corrected chi connectivity index (χ3v) is 6.41. The largest absolute Gasteiger partial charge is 0.435 e. The summed E-state index contributed by atoms with van der Waals surface area (Å²) in [6, 6.07) is 5.94. The van der Waals surface area contributed by atoms with Crippen molar-refractivity contribution in [1.82, 2.24) is 19.7 Å². The summed E-state index contributed by atoms with van der Waals surface area (Å²) < 4.78 is 30.3. The Morgan fingerprint density at radius 2 is 1.87 bits per heavy atom. The lowest BCUT2D eigenvalue weighted by Gasteiger charge is -2.33. The van der Waals surface area contributed by atoms with Gasteiger partial charge in [-0.2, -0.15) is 13.5 Å². The Labute approximate surface area is 175 Å². The molecule has 0 amide bonds. The normalized spacial score (nSPS) is 21.2. The molecule has 0 radical (unpaired) electrons. The van der Waals surface area contributed by atoms with Gasteiger partial charge in [-0.25, -0.2) is 4.79 Å². The van der Waals surface area contributed by atoms with Crippen LogP contribution in [0.15, 0.2) is 29.1 Å². The Kier molecular flexibility index (Phi) is 6.82. The number of likely N-dealkylation sites (tertiary alicyclic amines) is 1. The zero-order valence-corrected chi connectivity index (χ0v) is 17.2. The van der Waals surface area contributed by atoms with Crippen LogP contribution in [0.5, 0.6) is 5.75 Å². The molecule has 0 unspecified atom stereocenters. The summed E-state index contributed by atoms with van der Waals surface area (Å²) in [5, 5.41) is 4.51. The fraction of sp³-hybridized carbons (Fsp3) is 0.636. The van der Waals surface area contributed by atoms with Crippen LogP contribution in [0.25, 0.3) is 5.69 Å². The van der Waals surface area contributed by atoms with E-state index < -0.39 is 6.61 Å².